The minimum Gasteiger partial charge on any atom is -0.462 e. The van der Waals surface area contributed by atoms with Crippen LogP contribution in [0.2, 0.25) is 0 Å². The van der Waals surface area contributed by atoms with E-state index in [1.807, 2.05) is 0 Å². The number of carbonyl (C=O) groups is 4. The standard InChI is InChI=1S/C83H162O17P2/c1-6-9-12-15-18-21-24-27-29-34-37-42-47-52-57-62-67-81(86)94-73-79(100-83(88)69-64-59-54-49-44-39-35-31-30-33-36-40-45-50-55-60-65-76(4)5)75-98-102(91,92)96-71-77(84)70-95-101(89,90)97-74-78(72-93-80(85)66-61-56-51-46-41-26-23-20-17-14-11-8-3)99-82(87)68-63-58-53-48-43-38-32-28-25-22-19-16-13-10-7-2/h76-79,84H,6-75H2,1-5H3,(H,89,90)(H,91,92)/t77-,78+,79+/m0/s1. The fourth-order valence-corrected chi connectivity index (χ4v) is 14.5. The number of esters is 4. The maximum Gasteiger partial charge on any atom is 0.472 e. The highest BCUT2D eigenvalue weighted by molar-refractivity contribution is 7.47. The summed E-state index contributed by atoms with van der Waals surface area (Å²) in [5, 5.41) is 10.7. The normalized spacial score (nSPS) is 13.8. The molecule has 0 aliphatic rings. The summed E-state index contributed by atoms with van der Waals surface area (Å²) >= 11 is 0. The number of unbranched alkanes of at least 4 members (excludes halogenated alkanes) is 55. The number of phosphoric acid groups is 2. The molecule has 19 heteroatoms. The highest BCUT2D eigenvalue weighted by Crippen LogP contribution is 2.45. The van der Waals surface area contributed by atoms with Crippen LogP contribution in [0.3, 0.4) is 0 Å². The van der Waals surface area contributed by atoms with Gasteiger partial charge in [0.1, 0.15) is 19.3 Å². The van der Waals surface area contributed by atoms with E-state index in [2.05, 4.69) is 34.6 Å². The Labute approximate surface area is 626 Å². The summed E-state index contributed by atoms with van der Waals surface area (Å²) < 4.78 is 68.8. The monoisotopic (exact) mass is 1490 g/mol. The quantitative estimate of drug-likeness (QED) is 0.0222. The summed E-state index contributed by atoms with van der Waals surface area (Å²) in [5.74, 6) is -1.29. The Morgan fingerprint density at radius 3 is 0.667 bits per heavy atom. The molecule has 606 valence electrons. The molecule has 0 aliphatic heterocycles. The number of aliphatic hydroxyl groups excluding tert-OH is 1. The van der Waals surface area contributed by atoms with E-state index in [4.69, 9.17) is 37.0 Å². The van der Waals surface area contributed by atoms with Gasteiger partial charge >= 0.3 is 39.5 Å². The van der Waals surface area contributed by atoms with Crippen LogP contribution in [0.4, 0.5) is 0 Å². The first-order valence-electron chi connectivity index (χ1n) is 43.1. The summed E-state index contributed by atoms with van der Waals surface area (Å²) in [6.07, 6.45) is 67.8. The highest BCUT2D eigenvalue weighted by atomic mass is 31.2. The van der Waals surface area contributed by atoms with Gasteiger partial charge < -0.3 is 33.8 Å². The van der Waals surface area contributed by atoms with E-state index in [0.29, 0.717) is 25.7 Å². The van der Waals surface area contributed by atoms with Gasteiger partial charge in [0.25, 0.3) is 0 Å². The zero-order valence-electron chi connectivity index (χ0n) is 66.8. The van der Waals surface area contributed by atoms with Gasteiger partial charge in [-0.25, -0.2) is 9.13 Å². The van der Waals surface area contributed by atoms with Gasteiger partial charge in [0.15, 0.2) is 12.2 Å². The summed E-state index contributed by atoms with van der Waals surface area (Å²) in [6, 6.07) is 0. The third-order valence-electron chi connectivity index (χ3n) is 19.5. The Morgan fingerprint density at radius 2 is 0.451 bits per heavy atom. The Hall–Kier alpha value is -1.94. The number of hydrogen-bond acceptors (Lipinski definition) is 15. The van der Waals surface area contributed by atoms with Crippen LogP contribution in [0, 0.1) is 5.92 Å². The lowest BCUT2D eigenvalue weighted by molar-refractivity contribution is -0.161. The fourth-order valence-electron chi connectivity index (χ4n) is 12.9. The molecule has 0 saturated heterocycles. The average molecular weight is 1490 g/mol. The molecule has 0 aromatic carbocycles. The van der Waals surface area contributed by atoms with Gasteiger partial charge in [-0.15, -0.1) is 0 Å². The van der Waals surface area contributed by atoms with Gasteiger partial charge in [-0.3, -0.25) is 37.3 Å². The molecule has 0 spiro atoms. The smallest absolute Gasteiger partial charge is 0.462 e. The number of ether oxygens (including phenoxy) is 4. The first-order chi connectivity index (χ1) is 49.5. The lowest BCUT2D eigenvalue weighted by atomic mass is 10.0. The molecule has 0 rings (SSSR count). The number of hydrogen-bond donors (Lipinski definition) is 3. The van der Waals surface area contributed by atoms with E-state index in [-0.39, 0.29) is 25.7 Å². The molecule has 0 aromatic rings. The van der Waals surface area contributed by atoms with E-state index in [0.717, 1.165) is 95.8 Å². The molecule has 0 heterocycles. The fraction of sp³-hybridized carbons (Fsp3) is 0.952. The minimum absolute atomic E-state index is 0.109. The maximum absolute atomic E-state index is 13.1. The van der Waals surface area contributed by atoms with E-state index in [9.17, 15) is 43.2 Å². The van der Waals surface area contributed by atoms with Crippen molar-refractivity contribution in [1.82, 2.24) is 0 Å². The molecule has 102 heavy (non-hydrogen) atoms. The van der Waals surface area contributed by atoms with E-state index in [1.165, 1.54) is 270 Å². The summed E-state index contributed by atoms with van der Waals surface area (Å²) in [6.45, 7) is 7.39. The van der Waals surface area contributed by atoms with Crippen LogP contribution in [0.15, 0.2) is 0 Å². The number of aliphatic hydroxyl groups is 1. The summed E-state index contributed by atoms with van der Waals surface area (Å²) in [5.41, 5.74) is 0. The average Bonchev–Trinajstić information content (AvgIpc) is 0.914. The van der Waals surface area contributed by atoms with Crippen LogP contribution in [-0.4, -0.2) is 96.7 Å². The van der Waals surface area contributed by atoms with Gasteiger partial charge in [-0.2, -0.15) is 0 Å². The Bertz CT molecular complexity index is 1940. The lowest BCUT2D eigenvalue weighted by Gasteiger charge is -2.21. The Balaban J connectivity index is 5.25. The first-order valence-corrected chi connectivity index (χ1v) is 46.1. The molecule has 17 nitrogen and oxygen atoms in total. The van der Waals surface area contributed by atoms with Crippen molar-refractivity contribution in [3.63, 3.8) is 0 Å². The van der Waals surface area contributed by atoms with E-state index in [1.54, 1.807) is 0 Å². The molecule has 0 amide bonds. The predicted molar refractivity (Wildman–Crippen MR) is 418 cm³/mol. The molecule has 0 bridgehead atoms. The molecule has 0 radical (unpaired) electrons. The molecule has 2 unspecified atom stereocenters. The number of rotatable bonds is 83. The lowest BCUT2D eigenvalue weighted by Crippen LogP contribution is -2.30. The van der Waals surface area contributed by atoms with E-state index < -0.39 is 97.5 Å². The van der Waals surface area contributed by atoms with Crippen molar-refractivity contribution < 1.29 is 80.2 Å². The van der Waals surface area contributed by atoms with Crippen LogP contribution < -0.4 is 0 Å². The van der Waals surface area contributed by atoms with Crippen LogP contribution in [0.1, 0.15) is 446 Å². The molecule has 0 aliphatic carbocycles. The second-order valence-corrected chi connectivity index (χ2v) is 33.3. The van der Waals surface area contributed by atoms with Gasteiger partial charge in [-0.05, 0) is 31.6 Å². The molecular formula is C83H162O17P2. The summed E-state index contributed by atoms with van der Waals surface area (Å²) in [7, 11) is -9.92. The molecule has 0 aromatic heterocycles. The molecule has 0 fully saturated rings. The topological polar surface area (TPSA) is 237 Å². The van der Waals surface area contributed by atoms with Crippen molar-refractivity contribution in [2.24, 2.45) is 5.92 Å². The Morgan fingerprint density at radius 1 is 0.265 bits per heavy atom. The van der Waals surface area contributed by atoms with Gasteiger partial charge in [-0.1, -0.05) is 394 Å². The number of phosphoric ester groups is 2. The zero-order chi connectivity index (χ0) is 74.8. The maximum atomic E-state index is 13.1. The van der Waals surface area contributed by atoms with Crippen molar-refractivity contribution in [1.29, 1.82) is 0 Å². The van der Waals surface area contributed by atoms with Gasteiger partial charge in [0, 0.05) is 25.7 Å². The van der Waals surface area contributed by atoms with Crippen molar-refractivity contribution in [2.45, 2.75) is 464 Å². The van der Waals surface area contributed by atoms with Crippen LogP contribution >= 0.6 is 15.6 Å². The predicted octanol–water partition coefficient (Wildman–Crippen LogP) is 25.2. The summed E-state index contributed by atoms with van der Waals surface area (Å²) in [4.78, 5) is 73.1. The van der Waals surface area contributed by atoms with Crippen molar-refractivity contribution in [3.8, 4) is 0 Å². The third kappa shape index (κ3) is 76.3. The van der Waals surface area contributed by atoms with Crippen molar-refractivity contribution in [2.75, 3.05) is 39.6 Å². The first kappa shape index (κ1) is 100. The Kier molecular flexibility index (Phi) is 74.4. The largest absolute Gasteiger partial charge is 0.472 e. The minimum atomic E-state index is -4.96. The van der Waals surface area contributed by atoms with Crippen molar-refractivity contribution in [3.05, 3.63) is 0 Å². The van der Waals surface area contributed by atoms with E-state index >= 15 is 0 Å². The van der Waals surface area contributed by atoms with Crippen molar-refractivity contribution >= 4 is 39.5 Å². The molecule has 5 atom stereocenters. The number of carbonyl (C=O) groups excluding carboxylic acids is 4. The molecule has 0 saturated carbocycles. The second kappa shape index (κ2) is 75.9. The SMILES string of the molecule is CCCCCCCCCCCCCCCCCCC(=O)OC[C@H](COP(=O)(O)OC[C@@H](O)COP(=O)(O)OC[C@@H](COC(=O)CCCCCCCCCCCCCC)OC(=O)CCCCCCCCCCCCCCCCC)OC(=O)CCCCCCCCCCCCCCCCCCC(C)C. The van der Waals surface area contributed by atoms with Crippen LogP contribution in [0.5, 0.6) is 0 Å². The molecular weight excluding hydrogens is 1330 g/mol. The van der Waals surface area contributed by atoms with Gasteiger partial charge in [0.05, 0.1) is 26.4 Å². The highest BCUT2D eigenvalue weighted by Gasteiger charge is 2.30. The third-order valence-corrected chi connectivity index (χ3v) is 21.4. The van der Waals surface area contributed by atoms with Crippen LogP contribution in [-0.2, 0) is 65.4 Å². The van der Waals surface area contributed by atoms with Gasteiger partial charge in [0.2, 0.25) is 0 Å². The second-order valence-electron chi connectivity index (χ2n) is 30.3. The van der Waals surface area contributed by atoms with Crippen LogP contribution in [0.25, 0.3) is 0 Å². The zero-order valence-corrected chi connectivity index (χ0v) is 68.5. The molecule has 3 N–H and O–H groups in total.